The Kier molecular flexibility index (Phi) is 20.5. The van der Waals surface area contributed by atoms with Crippen LogP contribution in [0.5, 0.6) is 0 Å². The minimum atomic E-state index is -2.05. The number of hydrogen-bond donors (Lipinski definition) is 2. The molecule has 3 N–H and O–H groups in total. The van der Waals surface area contributed by atoms with Gasteiger partial charge in [0.25, 0.3) is 0 Å². The summed E-state index contributed by atoms with van der Waals surface area (Å²) in [6.07, 6.45) is 9.86. The number of carboxylic acids is 1. The molecule has 2 unspecified atom stereocenters. The zero-order valence-electron chi connectivity index (χ0n) is 19.7. The number of aliphatic carboxylic acids is 1. The number of ether oxygens (including phenoxy) is 1. The van der Waals surface area contributed by atoms with E-state index < -0.39 is 20.7 Å². The molecule has 0 aromatic heterocycles. The van der Waals surface area contributed by atoms with E-state index in [-0.39, 0.29) is 11.9 Å². The summed E-state index contributed by atoms with van der Waals surface area (Å²) in [4.78, 5) is 20.9. The number of quaternary nitrogens is 1. The van der Waals surface area contributed by atoms with E-state index in [4.69, 9.17) is 18.9 Å². The van der Waals surface area contributed by atoms with Crippen molar-refractivity contribution in [1.82, 2.24) is 0 Å². The fraction of sp³-hybridized carbons (Fsp3) is 0.952. The molecule has 0 aromatic carbocycles. The first-order valence-electron chi connectivity index (χ1n) is 11.1. The van der Waals surface area contributed by atoms with Gasteiger partial charge >= 0.3 is 14.6 Å². The molecular formula is C21H46NO7P. The lowest BCUT2D eigenvalue weighted by atomic mass is 10.1. The molecule has 0 rings (SSSR count). The largest absolute Gasteiger partial charge is 0.870 e. The first-order valence-corrected chi connectivity index (χ1v) is 12.2. The Morgan fingerprint density at radius 1 is 1.00 bits per heavy atom. The molecule has 3 atom stereocenters. The highest BCUT2D eigenvalue weighted by molar-refractivity contribution is 7.40. The van der Waals surface area contributed by atoms with E-state index in [1.165, 1.54) is 25.7 Å². The van der Waals surface area contributed by atoms with Gasteiger partial charge < -0.3 is 33.7 Å². The van der Waals surface area contributed by atoms with Gasteiger partial charge in [-0.25, -0.2) is 0 Å². The van der Waals surface area contributed by atoms with Crippen molar-refractivity contribution >= 4 is 14.6 Å². The molecule has 182 valence electrons. The Balaban J connectivity index is 0. The third-order valence-corrected chi connectivity index (χ3v) is 5.38. The number of unbranched alkanes of at least 4 members (excludes halogenated alkanes) is 6. The third kappa shape index (κ3) is 22.3. The summed E-state index contributed by atoms with van der Waals surface area (Å²) >= 11 is 0. The monoisotopic (exact) mass is 455 g/mol. The van der Waals surface area contributed by atoms with Crippen LogP contribution >= 0.6 is 8.60 Å². The number of rotatable bonds is 20. The molecule has 0 saturated carbocycles. The van der Waals surface area contributed by atoms with E-state index in [9.17, 15) is 9.69 Å². The zero-order valence-corrected chi connectivity index (χ0v) is 20.6. The topological polar surface area (TPSA) is 115 Å². The van der Waals surface area contributed by atoms with Crippen molar-refractivity contribution in [1.29, 1.82) is 0 Å². The second-order valence-electron chi connectivity index (χ2n) is 8.81. The van der Waals surface area contributed by atoms with Crippen LogP contribution in [0.15, 0.2) is 0 Å². The van der Waals surface area contributed by atoms with Crippen LogP contribution in [-0.4, -0.2) is 79.0 Å². The van der Waals surface area contributed by atoms with Gasteiger partial charge in [-0.3, -0.25) is 4.79 Å². The Bertz CT molecular complexity index is 407. The molecule has 0 radical (unpaired) electrons. The lowest BCUT2D eigenvalue weighted by Crippen LogP contribution is -2.42. The molecule has 0 spiro atoms. The Morgan fingerprint density at radius 2 is 1.60 bits per heavy atom. The third-order valence-electron chi connectivity index (χ3n) is 4.50. The Hall–Kier alpha value is -0.340. The van der Waals surface area contributed by atoms with Gasteiger partial charge in [0.2, 0.25) is 0 Å². The van der Waals surface area contributed by atoms with Gasteiger partial charge in [0.05, 0.1) is 40.3 Å². The molecule has 9 heteroatoms. The summed E-state index contributed by atoms with van der Waals surface area (Å²) in [7, 11) is 3.82. The first-order chi connectivity index (χ1) is 13.6. The molecule has 8 nitrogen and oxygen atoms in total. The number of carboxylic acid groups (broad SMARTS) is 1. The fourth-order valence-electron chi connectivity index (χ4n) is 3.03. The maximum absolute atomic E-state index is 11.0. The summed E-state index contributed by atoms with van der Waals surface area (Å²) < 4.78 is 17.2. The van der Waals surface area contributed by atoms with Crippen LogP contribution in [0, 0.1) is 0 Å². The SMILES string of the molecule is CCCCCCC(C)OCCCCCCO[P@](O)OC(CC(=O)O)C[N+](C)(C)C.[OH-]. The van der Waals surface area contributed by atoms with E-state index in [0.717, 1.165) is 38.7 Å². The first kappa shape index (κ1) is 31.8. The quantitative estimate of drug-likeness (QED) is 0.157. The van der Waals surface area contributed by atoms with E-state index >= 15 is 0 Å². The van der Waals surface area contributed by atoms with Crippen LogP contribution in [0.25, 0.3) is 0 Å². The van der Waals surface area contributed by atoms with Crippen molar-refractivity contribution in [2.45, 2.75) is 90.3 Å². The highest BCUT2D eigenvalue weighted by Gasteiger charge is 2.25. The summed E-state index contributed by atoms with van der Waals surface area (Å²) in [6.45, 7) is 6.09. The molecule has 0 aliphatic carbocycles. The van der Waals surface area contributed by atoms with Gasteiger partial charge in [-0.1, -0.05) is 45.4 Å². The molecule has 0 fully saturated rings. The highest BCUT2D eigenvalue weighted by atomic mass is 31.2. The molecule has 30 heavy (non-hydrogen) atoms. The second-order valence-corrected chi connectivity index (χ2v) is 9.76. The summed E-state index contributed by atoms with van der Waals surface area (Å²) in [5.74, 6) is -0.940. The fourth-order valence-corrected chi connectivity index (χ4v) is 3.77. The van der Waals surface area contributed by atoms with Gasteiger partial charge in [0.1, 0.15) is 12.6 Å². The predicted octanol–water partition coefficient (Wildman–Crippen LogP) is 4.55. The summed E-state index contributed by atoms with van der Waals surface area (Å²) in [6, 6.07) is 0. The number of hydrogen-bond acceptors (Lipinski definition) is 6. The molecule has 0 saturated heterocycles. The maximum Gasteiger partial charge on any atom is 0.330 e. The van der Waals surface area contributed by atoms with E-state index in [1.807, 2.05) is 21.1 Å². The number of nitrogens with zero attached hydrogens (tertiary/aromatic N) is 1. The standard InChI is InChI=1S/C21H44NO6P.H2O/c1-6-7-8-11-14-19(2)26-15-12-9-10-13-16-27-29(25)28-20(17-21(23)24)18-22(3,4)5;/h19-20,25H,6-18H2,1-5H3;1H2/t19?,20?,29-;/m0./s1. The van der Waals surface area contributed by atoms with Gasteiger partial charge in [0, 0.05) is 6.61 Å². The van der Waals surface area contributed by atoms with Crippen LogP contribution in [-0.2, 0) is 18.6 Å². The van der Waals surface area contributed by atoms with Crippen molar-refractivity contribution in [3.8, 4) is 0 Å². The molecule has 0 heterocycles. The van der Waals surface area contributed by atoms with E-state index in [0.29, 0.717) is 23.7 Å². The van der Waals surface area contributed by atoms with E-state index in [2.05, 4.69) is 13.8 Å². The molecular weight excluding hydrogens is 409 g/mol. The normalized spacial score (nSPS) is 14.7. The van der Waals surface area contributed by atoms with Crippen LogP contribution < -0.4 is 0 Å². The molecule has 0 aromatic rings. The van der Waals surface area contributed by atoms with Crippen molar-refractivity contribution in [3.63, 3.8) is 0 Å². The van der Waals surface area contributed by atoms with Crippen LogP contribution in [0.2, 0.25) is 0 Å². The molecule has 0 aliphatic heterocycles. The number of likely N-dealkylation sites (N-methyl/N-ethyl adjacent to an activating group) is 1. The average molecular weight is 456 g/mol. The Morgan fingerprint density at radius 3 is 2.17 bits per heavy atom. The van der Waals surface area contributed by atoms with Crippen LogP contribution in [0.1, 0.15) is 78.1 Å². The number of carbonyl (C=O) groups is 1. The second kappa shape index (κ2) is 19.4. The summed E-state index contributed by atoms with van der Waals surface area (Å²) in [5.41, 5.74) is 0. The smallest absolute Gasteiger partial charge is 0.330 e. The van der Waals surface area contributed by atoms with Crippen LogP contribution in [0.3, 0.4) is 0 Å². The lowest BCUT2D eigenvalue weighted by Gasteiger charge is -2.29. The minimum absolute atomic E-state index is 0. The summed E-state index contributed by atoms with van der Waals surface area (Å²) in [5, 5.41) is 9.00. The maximum atomic E-state index is 11.0. The predicted molar refractivity (Wildman–Crippen MR) is 120 cm³/mol. The zero-order chi connectivity index (χ0) is 22.1. The van der Waals surface area contributed by atoms with Gasteiger partial charge in [-0.05, 0) is 26.2 Å². The van der Waals surface area contributed by atoms with E-state index in [1.54, 1.807) is 0 Å². The van der Waals surface area contributed by atoms with Crippen LogP contribution in [0.4, 0.5) is 0 Å². The van der Waals surface area contributed by atoms with Gasteiger partial charge in [0.15, 0.2) is 0 Å². The molecule has 0 aliphatic rings. The molecule has 0 bridgehead atoms. The average Bonchev–Trinajstić information content (AvgIpc) is 2.58. The minimum Gasteiger partial charge on any atom is -0.870 e. The van der Waals surface area contributed by atoms with Gasteiger partial charge in [-0.2, -0.15) is 0 Å². The highest BCUT2D eigenvalue weighted by Crippen LogP contribution is 2.36. The van der Waals surface area contributed by atoms with Crippen molar-refractivity contribution < 1.29 is 38.5 Å². The Labute approximate surface area is 184 Å². The molecule has 0 amide bonds. The van der Waals surface area contributed by atoms with Crippen molar-refractivity contribution in [2.75, 3.05) is 40.9 Å². The lowest BCUT2D eigenvalue weighted by molar-refractivity contribution is -0.873. The van der Waals surface area contributed by atoms with Crippen molar-refractivity contribution in [2.24, 2.45) is 0 Å². The van der Waals surface area contributed by atoms with Gasteiger partial charge in [-0.15, -0.1) is 0 Å². The van der Waals surface area contributed by atoms with Crippen molar-refractivity contribution in [3.05, 3.63) is 0 Å².